The molecule has 146 valence electrons. The number of ether oxygens (including phenoxy) is 1. The van der Waals surface area contributed by atoms with Crippen LogP contribution >= 0.6 is 11.6 Å². The molecule has 0 N–H and O–H groups in total. The molecule has 8 nitrogen and oxygen atoms in total. The van der Waals surface area contributed by atoms with Crippen LogP contribution in [0.4, 0.5) is 5.69 Å². The number of halogens is 1. The molecule has 1 saturated heterocycles. The van der Waals surface area contributed by atoms with Gasteiger partial charge in [0.25, 0.3) is 17.5 Å². The second-order valence-corrected chi connectivity index (χ2v) is 6.64. The minimum Gasteiger partial charge on any atom is -0.497 e. The highest BCUT2D eigenvalue weighted by Gasteiger charge is 2.27. The average molecular weight is 404 g/mol. The number of benzene rings is 2. The van der Waals surface area contributed by atoms with E-state index in [1.165, 1.54) is 12.1 Å². The standard InChI is InChI=1S/C19H18ClN3O5/c1-28-15-5-2-13(3-6-15)18(24)21-8-10-22(11-9-21)19(25)16-7-4-14(23(26)27)12-17(16)20/h2-7,12H,8-11H2,1H3. The molecule has 0 aliphatic carbocycles. The number of piperazine rings is 1. The molecule has 0 unspecified atom stereocenters. The summed E-state index contributed by atoms with van der Waals surface area (Å²) in [5.41, 5.74) is 0.595. The lowest BCUT2D eigenvalue weighted by atomic mass is 10.1. The number of methoxy groups -OCH3 is 1. The molecule has 0 spiro atoms. The summed E-state index contributed by atoms with van der Waals surface area (Å²) in [5, 5.41) is 10.8. The van der Waals surface area contributed by atoms with Gasteiger partial charge < -0.3 is 14.5 Å². The fourth-order valence-electron chi connectivity index (χ4n) is 2.99. The van der Waals surface area contributed by atoms with Gasteiger partial charge in [-0.15, -0.1) is 0 Å². The minimum atomic E-state index is -0.566. The highest BCUT2D eigenvalue weighted by Crippen LogP contribution is 2.24. The van der Waals surface area contributed by atoms with Crippen molar-refractivity contribution in [1.82, 2.24) is 9.80 Å². The van der Waals surface area contributed by atoms with Crippen LogP contribution in [0.3, 0.4) is 0 Å². The molecule has 0 bridgehead atoms. The van der Waals surface area contributed by atoms with Gasteiger partial charge in [0, 0.05) is 43.9 Å². The van der Waals surface area contributed by atoms with Gasteiger partial charge in [-0.2, -0.15) is 0 Å². The normalized spacial score (nSPS) is 13.9. The number of nitro groups is 1. The third kappa shape index (κ3) is 4.07. The highest BCUT2D eigenvalue weighted by atomic mass is 35.5. The summed E-state index contributed by atoms with van der Waals surface area (Å²) in [5.74, 6) is 0.256. The van der Waals surface area contributed by atoms with E-state index in [0.717, 1.165) is 6.07 Å². The number of non-ortho nitro benzene ring substituents is 1. The van der Waals surface area contributed by atoms with Crippen LogP contribution in [0.5, 0.6) is 5.75 Å². The van der Waals surface area contributed by atoms with Crippen LogP contribution in [0.15, 0.2) is 42.5 Å². The zero-order valence-electron chi connectivity index (χ0n) is 15.1. The van der Waals surface area contributed by atoms with E-state index in [0.29, 0.717) is 37.5 Å². The van der Waals surface area contributed by atoms with Gasteiger partial charge >= 0.3 is 0 Å². The summed E-state index contributed by atoms with van der Waals surface area (Å²) in [6.45, 7) is 1.49. The van der Waals surface area contributed by atoms with Gasteiger partial charge in [0.15, 0.2) is 0 Å². The Hall–Kier alpha value is -3.13. The van der Waals surface area contributed by atoms with E-state index >= 15 is 0 Å². The van der Waals surface area contributed by atoms with Gasteiger partial charge in [-0.05, 0) is 30.3 Å². The van der Waals surface area contributed by atoms with Crippen molar-refractivity contribution in [3.8, 4) is 5.75 Å². The molecule has 3 rings (SSSR count). The highest BCUT2D eigenvalue weighted by molar-refractivity contribution is 6.34. The Balaban J connectivity index is 1.63. The van der Waals surface area contributed by atoms with E-state index in [1.54, 1.807) is 41.2 Å². The van der Waals surface area contributed by atoms with Crippen molar-refractivity contribution in [2.24, 2.45) is 0 Å². The topological polar surface area (TPSA) is 93.0 Å². The molecule has 2 amide bonds. The minimum absolute atomic E-state index is 0.0379. The van der Waals surface area contributed by atoms with E-state index in [4.69, 9.17) is 16.3 Å². The maximum absolute atomic E-state index is 12.7. The molecule has 1 fully saturated rings. The molecule has 0 radical (unpaired) electrons. The quantitative estimate of drug-likeness (QED) is 0.578. The van der Waals surface area contributed by atoms with Crippen LogP contribution in [0, 0.1) is 10.1 Å². The number of carbonyl (C=O) groups is 2. The Morgan fingerprint density at radius 3 is 2.07 bits per heavy atom. The van der Waals surface area contributed by atoms with Crippen molar-refractivity contribution in [2.45, 2.75) is 0 Å². The molecule has 2 aromatic rings. The molecule has 0 atom stereocenters. The molecular formula is C19H18ClN3O5. The maximum Gasteiger partial charge on any atom is 0.270 e. The van der Waals surface area contributed by atoms with Crippen molar-refractivity contribution in [2.75, 3.05) is 33.3 Å². The lowest BCUT2D eigenvalue weighted by Gasteiger charge is -2.35. The van der Waals surface area contributed by atoms with Crippen molar-refractivity contribution in [3.63, 3.8) is 0 Å². The fraction of sp³-hybridized carbons (Fsp3) is 0.263. The van der Waals surface area contributed by atoms with Gasteiger partial charge in [0.1, 0.15) is 5.75 Å². The van der Waals surface area contributed by atoms with Crippen molar-refractivity contribution in [3.05, 3.63) is 68.7 Å². The summed E-state index contributed by atoms with van der Waals surface area (Å²) in [6, 6.07) is 10.6. The zero-order chi connectivity index (χ0) is 20.3. The van der Waals surface area contributed by atoms with Gasteiger partial charge in [-0.1, -0.05) is 11.6 Å². The third-order valence-electron chi connectivity index (χ3n) is 4.58. The third-order valence-corrected chi connectivity index (χ3v) is 4.90. The van der Waals surface area contributed by atoms with Crippen LogP contribution in [-0.4, -0.2) is 59.8 Å². The van der Waals surface area contributed by atoms with Gasteiger partial charge in [-0.3, -0.25) is 19.7 Å². The molecule has 0 saturated carbocycles. The first-order valence-corrected chi connectivity index (χ1v) is 8.95. The fourth-order valence-corrected chi connectivity index (χ4v) is 3.25. The number of nitro benzene ring substituents is 1. The molecule has 9 heteroatoms. The van der Waals surface area contributed by atoms with E-state index in [2.05, 4.69) is 0 Å². The van der Waals surface area contributed by atoms with Crippen LogP contribution in [-0.2, 0) is 0 Å². The molecule has 0 aromatic heterocycles. The van der Waals surface area contributed by atoms with Crippen molar-refractivity contribution >= 4 is 29.1 Å². The van der Waals surface area contributed by atoms with Crippen LogP contribution < -0.4 is 4.74 Å². The smallest absolute Gasteiger partial charge is 0.270 e. The number of carbonyl (C=O) groups excluding carboxylic acids is 2. The zero-order valence-corrected chi connectivity index (χ0v) is 15.9. The van der Waals surface area contributed by atoms with E-state index in [1.807, 2.05) is 0 Å². The number of amides is 2. The van der Waals surface area contributed by atoms with Crippen molar-refractivity contribution in [1.29, 1.82) is 0 Å². The van der Waals surface area contributed by atoms with Crippen molar-refractivity contribution < 1.29 is 19.2 Å². The van der Waals surface area contributed by atoms with Gasteiger partial charge in [0.05, 0.1) is 22.6 Å². The average Bonchev–Trinajstić information content (AvgIpc) is 2.72. The first kappa shape index (κ1) is 19.6. The van der Waals surface area contributed by atoms with Crippen LogP contribution in [0.25, 0.3) is 0 Å². The van der Waals surface area contributed by atoms with E-state index < -0.39 is 4.92 Å². The van der Waals surface area contributed by atoms with Gasteiger partial charge in [-0.25, -0.2) is 0 Å². The summed E-state index contributed by atoms with van der Waals surface area (Å²) in [4.78, 5) is 38.8. The maximum atomic E-state index is 12.7. The predicted molar refractivity (Wildman–Crippen MR) is 103 cm³/mol. The number of hydrogen-bond acceptors (Lipinski definition) is 5. The predicted octanol–water partition coefficient (Wildman–Crippen LogP) is 2.86. The Kier molecular flexibility index (Phi) is 5.79. The monoisotopic (exact) mass is 403 g/mol. The largest absolute Gasteiger partial charge is 0.497 e. The summed E-state index contributed by atoms with van der Waals surface area (Å²) in [6.07, 6.45) is 0. The summed E-state index contributed by atoms with van der Waals surface area (Å²) in [7, 11) is 1.56. The van der Waals surface area contributed by atoms with E-state index in [-0.39, 0.29) is 28.1 Å². The molecule has 2 aromatic carbocycles. The molecule has 28 heavy (non-hydrogen) atoms. The first-order chi connectivity index (χ1) is 13.4. The second kappa shape index (κ2) is 8.26. The molecular weight excluding hydrogens is 386 g/mol. The lowest BCUT2D eigenvalue weighted by molar-refractivity contribution is -0.384. The lowest BCUT2D eigenvalue weighted by Crippen LogP contribution is -2.50. The number of rotatable bonds is 4. The number of nitrogens with zero attached hydrogens (tertiary/aromatic N) is 3. The first-order valence-electron chi connectivity index (χ1n) is 8.57. The Morgan fingerprint density at radius 2 is 1.57 bits per heavy atom. The molecule has 1 heterocycles. The summed E-state index contributed by atoms with van der Waals surface area (Å²) < 4.78 is 5.09. The number of hydrogen-bond donors (Lipinski definition) is 0. The molecule has 1 aliphatic heterocycles. The Bertz CT molecular complexity index is 908. The molecule has 1 aliphatic rings. The van der Waals surface area contributed by atoms with Crippen LogP contribution in [0.2, 0.25) is 5.02 Å². The Labute approximate surface area is 166 Å². The SMILES string of the molecule is COc1ccc(C(=O)N2CCN(C(=O)c3ccc([N+](=O)[O-])cc3Cl)CC2)cc1. The van der Waals surface area contributed by atoms with Gasteiger partial charge in [0.2, 0.25) is 0 Å². The van der Waals surface area contributed by atoms with Crippen LogP contribution in [0.1, 0.15) is 20.7 Å². The Morgan fingerprint density at radius 1 is 1.00 bits per heavy atom. The van der Waals surface area contributed by atoms with E-state index in [9.17, 15) is 19.7 Å². The summed E-state index contributed by atoms with van der Waals surface area (Å²) >= 11 is 6.04. The second-order valence-electron chi connectivity index (χ2n) is 6.23.